The van der Waals surface area contributed by atoms with Crippen molar-refractivity contribution in [3.05, 3.63) is 182 Å². The molecule has 0 unspecified atom stereocenters. The highest BCUT2D eigenvalue weighted by Gasteiger charge is 2.20. The average Bonchev–Trinajstić information content (AvgIpc) is 3.81. The summed E-state index contributed by atoms with van der Waals surface area (Å²) < 4.78 is 9.15. The number of hydrogen-bond donors (Lipinski definition) is 0. The SMILES string of the molecule is c1ccc2cc(-c3nc(-c4ccc5ccccc5c4)nc(-c4cc5oc6cc(-n7c8ccccc8c8ccccc87)ccc6c5c5ccccc45)n3)ccc2c1. The molecular formula is C51H30N4O. The van der Waals surface area contributed by atoms with Crippen LogP contribution in [-0.2, 0) is 0 Å². The third-order valence-electron chi connectivity index (χ3n) is 11.2. The van der Waals surface area contributed by atoms with Crippen LogP contribution in [0.2, 0.25) is 0 Å². The molecule has 5 heteroatoms. The summed E-state index contributed by atoms with van der Waals surface area (Å²) in [6.45, 7) is 0. The van der Waals surface area contributed by atoms with Crippen molar-refractivity contribution in [1.29, 1.82) is 0 Å². The van der Waals surface area contributed by atoms with Crippen molar-refractivity contribution in [1.82, 2.24) is 19.5 Å². The average molecular weight is 715 g/mol. The fourth-order valence-electron chi connectivity index (χ4n) is 8.56. The first kappa shape index (κ1) is 30.8. The first-order valence-electron chi connectivity index (χ1n) is 18.8. The third kappa shape index (κ3) is 4.71. The van der Waals surface area contributed by atoms with Crippen LogP contribution < -0.4 is 0 Å². The predicted molar refractivity (Wildman–Crippen MR) is 230 cm³/mol. The molecule has 0 radical (unpaired) electrons. The molecule has 0 N–H and O–H groups in total. The molecule has 0 aliphatic rings. The largest absolute Gasteiger partial charge is 0.456 e. The number of benzene rings is 9. The van der Waals surface area contributed by atoms with Gasteiger partial charge in [-0.3, -0.25) is 0 Å². The van der Waals surface area contributed by atoms with Crippen molar-refractivity contribution in [2.75, 3.05) is 0 Å². The van der Waals surface area contributed by atoms with Gasteiger partial charge in [-0.25, -0.2) is 15.0 Å². The first-order valence-corrected chi connectivity index (χ1v) is 18.8. The van der Waals surface area contributed by atoms with Crippen molar-refractivity contribution >= 4 is 76.1 Å². The Morgan fingerprint density at radius 3 is 1.50 bits per heavy atom. The van der Waals surface area contributed by atoms with Crippen LogP contribution in [0, 0.1) is 0 Å². The number of nitrogens with zero attached hydrogens (tertiary/aromatic N) is 4. The van der Waals surface area contributed by atoms with Crippen LogP contribution in [0.15, 0.2) is 186 Å². The van der Waals surface area contributed by atoms with E-state index in [1.54, 1.807) is 0 Å². The second-order valence-electron chi connectivity index (χ2n) is 14.4. The van der Waals surface area contributed by atoms with Crippen LogP contribution in [0.3, 0.4) is 0 Å². The molecule has 0 aliphatic carbocycles. The Balaban J connectivity index is 1.09. The van der Waals surface area contributed by atoms with Gasteiger partial charge < -0.3 is 8.98 Å². The zero-order chi connectivity index (χ0) is 36.7. The molecule has 0 aliphatic heterocycles. The second kappa shape index (κ2) is 11.9. The minimum atomic E-state index is 0.593. The lowest BCUT2D eigenvalue weighted by Gasteiger charge is -2.12. The van der Waals surface area contributed by atoms with Crippen LogP contribution in [0.1, 0.15) is 0 Å². The highest BCUT2D eigenvalue weighted by atomic mass is 16.3. The van der Waals surface area contributed by atoms with E-state index in [4.69, 9.17) is 19.4 Å². The predicted octanol–water partition coefficient (Wildman–Crippen LogP) is 13.3. The maximum Gasteiger partial charge on any atom is 0.164 e. The van der Waals surface area contributed by atoms with E-state index in [1.165, 1.54) is 21.5 Å². The Kier molecular flexibility index (Phi) is 6.56. The molecular weight excluding hydrogens is 685 g/mol. The Labute approximate surface area is 320 Å². The van der Waals surface area contributed by atoms with E-state index in [1.807, 2.05) is 0 Å². The number of furan rings is 1. The van der Waals surface area contributed by atoms with Crippen LogP contribution in [-0.4, -0.2) is 19.5 Å². The summed E-state index contributed by atoms with van der Waals surface area (Å²) >= 11 is 0. The number of para-hydroxylation sites is 2. The number of hydrogen-bond acceptors (Lipinski definition) is 4. The summed E-state index contributed by atoms with van der Waals surface area (Å²) in [6.07, 6.45) is 0. The van der Waals surface area contributed by atoms with Gasteiger partial charge in [0.2, 0.25) is 0 Å². The summed E-state index contributed by atoms with van der Waals surface area (Å²) in [5.74, 6) is 1.83. The standard InChI is InChI=1S/C51H30N4O/c1-3-13-33-27-35(23-21-31(33)11-1)49-52-50(36-24-22-32-12-2-4-14-34(32)28-36)54-51(53-49)43-30-47-48(41-18-6-5-15-38(41)43)42-26-25-37(29-46(42)56-47)55-44-19-9-7-16-39(44)40-17-8-10-20-45(40)55/h1-30H. The lowest BCUT2D eigenvalue weighted by molar-refractivity contribution is 0.669. The molecule has 3 aromatic heterocycles. The fraction of sp³-hybridized carbons (Fsp3) is 0. The Hall–Kier alpha value is -7.63. The van der Waals surface area contributed by atoms with E-state index < -0.39 is 0 Å². The minimum absolute atomic E-state index is 0.593. The molecule has 9 aromatic carbocycles. The van der Waals surface area contributed by atoms with Gasteiger partial charge in [-0.1, -0.05) is 133 Å². The van der Waals surface area contributed by atoms with E-state index in [0.717, 1.165) is 76.9 Å². The lowest BCUT2D eigenvalue weighted by Crippen LogP contribution is -2.00. The maximum absolute atomic E-state index is 6.83. The highest BCUT2D eigenvalue weighted by molar-refractivity contribution is 6.22. The molecule has 12 aromatic rings. The molecule has 3 heterocycles. The van der Waals surface area contributed by atoms with Gasteiger partial charge in [-0.15, -0.1) is 0 Å². The molecule has 56 heavy (non-hydrogen) atoms. The zero-order valence-electron chi connectivity index (χ0n) is 30.0. The molecule has 0 bridgehead atoms. The summed E-state index contributed by atoms with van der Waals surface area (Å²) in [4.78, 5) is 15.6. The molecule has 12 rings (SSSR count). The Morgan fingerprint density at radius 1 is 0.357 bits per heavy atom. The van der Waals surface area contributed by atoms with Crippen LogP contribution in [0.5, 0.6) is 0 Å². The lowest BCUT2D eigenvalue weighted by atomic mass is 9.98. The van der Waals surface area contributed by atoms with Crippen molar-refractivity contribution in [3.8, 4) is 39.9 Å². The van der Waals surface area contributed by atoms with Crippen molar-refractivity contribution in [3.63, 3.8) is 0 Å². The van der Waals surface area contributed by atoms with Crippen molar-refractivity contribution in [2.45, 2.75) is 0 Å². The van der Waals surface area contributed by atoms with Crippen LogP contribution in [0.4, 0.5) is 0 Å². The highest BCUT2D eigenvalue weighted by Crippen LogP contribution is 2.41. The molecule has 0 saturated heterocycles. The first-order chi connectivity index (χ1) is 27.7. The van der Waals surface area contributed by atoms with Gasteiger partial charge in [0.15, 0.2) is 17.5 Å². The second-order valence-corrected chi connectivity index (χ2v) is 14.4. The van der Waals surface area contributed by atoms with E-state index in [-0.39, 0.29) is 0 Å². The quantitative estimate of drug-likeness (QED) is 0.182. The number of fused-ring (bicyclic) bond motifs is 10. The van der Waals surface area contributed by atoms with E-state index in [9.17, 15) is 0 Å². The summed E-state index contributed by atoms with van der Waals surface area (Å²) in [5.41, 5.74) is 7.74. The molecule has 0 atom stereocenters. The normalized spacial score (nSPS) is 11.9. The summed E-state index contributed by atoms with van der Waals surface area (Å²) in [7, 11) is 0. The van der Waals surface area contributed by atoms with Gasteiger partial charge in [0.05, 0.1) is 11.0 Å². The molecule has 0 amide bonds. The van der Waals surface area contributed by atoms with E-state index in [2.05, 4.69) is 187 Å². The van der Waals surface area contributed by atoms with E-state index in [0.29, 0.717) is 17.5 Å². The summed E-state index contributed by atoms with van der Waals surface area (Å²) in [5, 5.41) is 11.3. The Morgan fingerprint density at radius 2 is 0.875 bits per heavy atom. The molecule has 0 fully saturated rings. The minimum Gasteiger partial charge on any atom is -0.456 e. The fourth-order valence-corrected chi connectivity index (χ4v) is 8.56. The van der Waals surface area contributed by atoms with Crippen LogP contribution in [0.25, 0.3) is 116 Å². The van der Waals surface area contributed by atoms with Gasteiger partial charge in [0.25, 0.3) is 0 Å². The van der Waals surface area contributed by atoms with Gasteiger partial charge in [-0.05, 0) is 74.8 Å². The summed E-state index contributed by atoms with van der Waals surface area (Å²) in [6, 6.07) is 63.9. The van der Waals surface area contributed by atoms with Gasteiger partial charge >= 0.3 is 0 Å². The van der Waals surface area contributed by atoms with Crippen LogP contribution >= 0.6 is 0 Å². The maximum atomic E-state index is 6.83. The zero-order valence-corrected chi connectivity index (χ0v) is 30.0. The van der Waals surface area contributed by atoms with Gasteiger partial charge in [-0.2, -0.15) is 0 Å². The monoisotopic (exact) mass is 714 g/mol. The number of rotatable bonds is 4. The Bertz CT molecular complexity index is 3410. The van der Waals surface area contributed by atoms with Gasteiger partial charge in [0.1, 0.15) is 11.2 Å². The third-order valence-corrected chi connectivity index (χ3v) is 11.2. The number of aromatic nitrogens is 4. The topological polar surface area (TPSA) is 56.7 Å². The molecule has 260 valence electrons. The molecule has 5 nitrogen and oxygen atoms in total. The smallest absolute Gasteiger partial charge is 0.164 e. The molecule has 0 spiro atoms. The molecule has 0 saturated carbocycles. The van der Waals surface area contributed by atoms with Gasteiger partial charge in [0, 0.05) is 50.0 Å². The van der Waals surface area contributed by atoms with Crippen molar-refractivity contribution < 1.29 is 4.42 Å². The van der Waals surface area contributed by atoms with Crippen molar-refractivity contribution in [2.24, 2.45) is 0 Å². The van der Waals surface area contributed by atoms with E-state index >= 15 is 0 Å².